The van der Waals surface area contributed by atoms with Gasteiger partial charge in [0.15, 0.2) is 0 Å². The SMILES string of the molecule is Cc1cccc(NC(=O)c2ccc(-c3nn4c(c3C(N)=O)Nc3ccc(N5CCN(Cc6ccc7c(c6)C(C)(C)C(=O)N7C6CCC(=O)NC6=O)CC5)cc3CC4)c(F)c2C)n1. The molecule has 0 aliphatic carbocycles. The van der Waals surface area contributed by atoms with Crippen molar-refractivity contribution in [2.24, 2.45) is 5.73 Å². The van der Waals surface area contributed by atoms with Crippen LogP contribution >= 0.6 is 0 Å². The van der Waals surface area contributed by atoms with E-state index in [9.17, 15) is 24.0 Å². The fourth-order valence-electron chi connectivity index (χ4n) is 9.12. The Bertz CT molecular complexity index is 2720. The lowest BCUT2D eigenvalue weighted by Crippen LogP contribution is -2.55. The van der Waals surface area contributed by atoms with Gasteiger partial charge in [-0.1, -0.05) is 18.2 Å². The van der Waals surface area contributed by atoms with Crippen molar-refractivity contribution in [2.45, 2.75) is 71.5 Å². The number of benzene rings is 3. The van der Waals surface area contributed by atoms with Gasteiger partial charge in [0, 0.05) is 79.6 Å². The second kappa shape index (κ2) is 15.5. The first-order valence-electron chi connectivity index (χ1n) is 20.8. The summed E-state index contributed by atoms with van der Waals surface area (Å²) in [5, 5.41) is 13.2. The van der Waals surface area contributed by atoms with E-state index in [1.807, 2.05) is 51.1 Å². The summed E-state index contributed by atoms with van der Waals surface area (Å²) in [5.74, 6) is -2.11. The van der Waals surface area contributed by atoms with Crippen molar-refractivity contribution in [3.05, 3.63) is 112 Å². The molecule has 6 heterocycles. The van der Waals surface area contributed by atoms with E-state index in [1.165, 1.54) is 19.1 Å². The average molecular weight is 839 g/mol. The smallest absolute Gasteiger partial charge is 0.257 e. The third-order valence-electron chi connectivity index (χ3n) is 12.6. The van der Waals surface area contributed by atoms with Crippen molar-refractivity contribution >= 4 is 58.2 Å². The molecule has 3 aromatic carbocycles. The van der Waals surface area contributed by atoms with E-state index in [1.54, 1.807) is 21.7 Å². The van der Waals surface area contributed by atoms with Crippen LogP contribution in [0.25, 0.3) is 11.3 Å². The molecule has 62 heavy (non-hydrogen) atoms. The predicted octanol–water partition coefficient (Wildman–Crippen LogP) is 5.10. The number of imide groups is 1. The first-order chi connectivity index (χ1) is 29.7. The molecule has 0 bridgehead atoms. The Morgan fingerprint density at radius 3 is 2.47 bits per heavy atom. The van der Waals surface area contributed by atoms with E-state index in [0.717, 1.165) is 65.6 Å². The minimum absolute atomic E-state index is 0.0580. The third-order valence-corrected chi connectivity index (χ3v) is 12.6. The Hall–Kier alpha value is -6.94. The van der Waals surface area contributed by atoms with Crippen LogP contribution in [0.3, 0.4) is 0 Å². The number of primary amides is 1. The van der Waals surface area contributed by atoms with E-state index in [4.69, 9.17) is 10.8 Å². The van der Waals surface area contributed by atoms with Crippen LogP contribution in [0.4, 0.5) is 33.1 Å². The van der Waals surface area contributed by atoms with Crippen molar-refractivity contribution < 1.29 is 28.4 Å². The van der Waals surface area contributed by atoms with Crippen molar-refractivity contribution in [1.29, 1.82) is 0 Å². The zero-order valence-electron chi connectivity index (χ0n) is 35.0. The Morgan fingerprint density at radius 2 is 1.73 bits per heavy atom. The molecule has 15 nitrogen and oxygen atoms in total. The predicted molar refractivity (Wildman–Crippen MR) is 232 cm³/mol. The summed E-state index contributed by atoms with van der Waals surface area (Å²) in [6, 6.07) is 19.7. The number of aromatic nitrogens is 3. The third kappa shape index (κ3) is 7.13. The number of fused-ring (bicyclic) bond motifs is 3. The first-order valence-corrected chi connectivity index (χ1v) is 20.8. The van der Waals surface area contributed by atoms with Crippen molar-refractivity contribution in [3.8, 4) is 11.3 Å². The maximum Gasteiger partial charge on any atom is 0.257 e. The van der Waals surface area contributed by atoms with Gasteiger partial charge in [-0.15, -0.1) is 0 Å². The summed E-state index contributed by atoms with van der Waals surface area (Å²) in [6.45, 7) is 11.5. The summed E-state index contributed by atoms with van der Waals surface area (Å²) in [6.07, 6.45) is 1.10. The molecule has 0 saturated carbocycles. The summed E-state index contributed by atoms with van der Waals surface area (Å²) in [5.41, 5.74) is 11.9. The molecule has 5 N–H and O–H groups in total. The van der Waals surface area contributed by atoms with Crippen molar-refractivity contribution in [3.63, 3.8) is 0 Å². The lowest BCUT2D eigenvalue weighted by molar-refractivity contribution is -0.136. The van der Waals surface area contributed by atoms with Gasteiger partial charge >= 0.3 is 0 Å². The van der Waals surface area contributed by atoms with Gasteiger partial charge in [0.05, 0.1) is 5.41 Å². The molecular weight excluding hydrogens is 792 g/mol. The number of nitrogens with two attached hydrogens (primary N) is 1. The van der Waals surface area contributed by atoms with Crippen LogP contribution in [0.1, 0.15) is 75.4 Å². The molecule has 2 saturated heterocycles. The largest absolute Gasteiger partial charge is 0.369 e. The highest BCUT2D eigenvalue weighted by molar-refractivity contribution is 6.13. The number of halogens is 1. The molecule has 0 spiro atoms. The summed E-state index contributed by atoms with van der Waals surface area (Å²) in [7, 11) is 0. The Kier molecular flexibility index (Phi) is 10.1. The van der Waals surface area contributed by atoms with Crippen LogP contribution in [0, 0.1) is 19.7 Å². The minimum Gasteiger partial charge on any atom is -0.369 e. The minimum atomic E-state index is -0.806. The van der Waals surface area contributed by atoms with Gasteiger partial charge in [0.2, 0.25) is 17.7 Å². The van der Waals surface area contributed by atoms with E-state index >= 15 is 4.39 Å². The summed E-state index contributed by atoms with van der Waals surface area (Å²) in [4.78, 5) is 74.9. The highest BCUT2D eigenvalue weighted by Gasteiger charge is 2.49. The quantitative estimate of drug-likeness (QED) is 0.153. The molecule has 16 heteroatoms. The number of anilines is 5. The molecule has 2 fully saturated rings. The number of amides is 5. The van der Waals surface area contributed by atoms with Crippen molar-refractivity contribution in [2.75, 3.05) is 46.6 Å². The van der Waals surface area contributed by atoms with E-state index in [-0.39, 0.29) is 46.2 Å². The standard InChI is InChI=1S/C46H47FN10O5/c1-25-6-5-7-36(49-25)51-43(60)30-10-11-31(39(47)26(30)2)40-38(41(48)59)42-50-33-12-9-29(23-28(33)16-17-56(42)53-40)55-20-18-54(19-21-55)24-27-8-13-34-32(22-27)46(3,4)45(62)57(34)35-14-15-37(58)52-44(35)61/h5-13,22-23,35,50H,14-21,24H2,1-4H3,(H2,48,59)(H,49,51,60)(H,52,58,61). The number of rotatable bonds is 8. The topological polar surface area (TPSA) is 188 Å². The average Bonchev–Trinajstić information content (AvgIpc) is 3.61. The fraction of sp³-hybridized carbons (Fsp3) is 0.326. The second-order valence-corrected chi connectivity index (χ2v) is 17.0. The molecular formula is C46H47FN10O5. The van der Waals surface area contributed by atoms with Crippen LogP contribution in [-0.2, 0) is 39.3 Å². The Morgan fingerprint density at radius 1 is 0.935 bits per heavy atom. The number of aryl methyl sites for hydroxylation is 3. The van der Waals surface area contributed by atoms with Crippen LogP contribution < -0.4 is 31.5 Å². The highest BCUT2D eigenvalue weighted by Crippen LogP contribution is 2.44. The highest BCUT2D eigenvalue weighted by atomic mass is 19.1. The normalized spacial score (nSPS) is 18.3. The Balaban J connectivity index is 0.874. The molecule has 5 amide bonds. The zero-order valence-corrected chi connectivity index (χ0v) is 35.0. The second-order valence-electron chi connectivity index (χ2n) is 17.0. The Labute approximate surface area is 357 Å². The summed E-state index contributed by atoms with van der Waals surface area (Å²) >= 11 is 0. The number of piperidine rings is 1. The molecule has 2 aromatic heterocycles. The lowest BCUT2D eigenvalue weighted by Gasteiger charge is -2.36. The monoisotopic (exact) mass is 838 g/mol. The molecule has 1 unspecified atom stereocenters. The molecule has 1 atom stereocenters. The van der Waals surface area contributed by atoms with Gasteiger partial charge in [-0.05, 0) is 111 Å². The van der Waals surface area contributed by atoms with Gasteiger partial charge in [0.1, 0.15) is 34.8 Å². The first kappa shape index (κ1) is 40.5. The van der Waals surface area contributed by atoms with Gasteiger partial charge < -0.3 is 21.3 Å². The molecule has 4 aliphatic heterocycles. The van der Waals surface area contributed by atoms with Crippen molar-refractivity contribution in [1.82, 2.24) is 25.0 Å². The van der Waals surface area contributed by atoms with Gasteiger partial charge in [-0.25, -0.2) is 14.1 Å². The molecule has 5 aromatic rings. The van der Waals surface area contributed by atoms with Gasteiger partial charge in [-0.3, -0.25) is 39.1 Å². The maximum absolute atomic E-state index is 16.1. The molecule has 0 radical (unpaired) electrons. The summed E-state index contributed by atoms with van der Waals surface area (Å²) < 4.78 is 17.8. The zero-order chi connectivity index (χ0) is 43.6. The van der Waals surface area contributed by atoms with Crippen LogP contribution in [0.15, 0.2) is 66.7 Å². The fourth-order valence-corrected chi connectivity index (χ4v) is 9.12. The number of nitrogens with one attached hydrogen (secondary N) is 3. The lowest BCUT2D eigenvalue weighted by atomic mass is 9.85. The molecule has 9 rings (SSSR count). The number of carbonyl (C=O) groups excluding carboxylic acids is 5. The maximum atomic E-state index is 16.1. The van der Waals surface area contributed by atoms with Crippen LogP contribution in [-0.4, -0.2) is 81.4 Å². The number of pyridine rings is 1. The number of hydrogen-bond donors (Lipinski definition) is 4. The molecule has 318 valence electrons. The van der Waals surface area contributed by atoms with E-state index < -0.39 is 35.0 Å². The van der Waals surface area contributed by atoms with Crippen LogP contribution in [0.5, 0.6) is 0 Å². The number of carbonyl (C=O) groups is 5. The molecule has 4 aliphatic rings. The van der Waals surface area contributed by atoms with E-state index in [0.29, 0.717) is 37.6 Å². The van der Waals surface area contributed by atoms with Gasteiger partial charge in [-0.2, -0.15) is 5.10 Å². The van der Waals surface area contributed by atoms with Crippen LogP contribution in [0.2, 0.25) is 0 Å². The number of nitrogens with zero attached hydrogens (tertiary/aromatic N) is 6. The number of hydrogen-bond acceptors (Lipinski definition) is 10. The number of piperazine rings is 1. The van der Waals surface area contributed by atoms with E-state index in [2.05, 4.69) is 42.9 Å². The van der Waals surface area contributed by atoms with Gasteiger partial charge in [0.25, 0.3) is 11.8 Å².